The van der Waals surface area contributed by atoms with Gasteiger partial charge in [-0.05, 0) is 36.8 Å². The van der Waals surface area contributed by atoms with Gasteiger partial charge in [-0.1, -0.05) is 20.8 Å². The first-order chi connectivity index (χ1) is 7.35. The van der Waals surface area contributed by atoms with E-state index in [4.69, 9.17) is 4.74 Å². The molecule has 84 valence electrons. The van der Waals surface area contributed by atoms with Crippen LogP contribution in [-0.2, 0) is 6.42 Å². The van der Waals surface area contributed by atoms with Crippen LogP contribution in [0.3, 0.4) is 0 Å². The van der Waals surface area contributed by atoms with Gasteiger partial charge in [-0.2, -0.15) is 0 Å². The van der Waals surface area contributed by atoms with Crippen LogP contribution in [0.2, 0.25) is 0 Å². The van der Waals surface area contributed by atoms with Crippen LogP contribution < -0.4 is 4.74 Å². The Kier molecular flexibility index (Phi) is 4.60. The molecule has 1 aromatic rings. The van der Waals surface area contributed by atoms with Gasteiger partial charge in [-0.3, -0.25) is 4.98 Å². The molecule has 2 heteroatoms. The first-order valence-electron chi connectivity index (χ1n) is 5.88. The van der Waals surface area contributed by atoms with Crippen LogP contribution >= 0.6 is 0 Å². The highest BCUT2D eigenvalue weighted by atomic mass is 16.5. The lowest BCUT2D eigenvalue weighted by Crippen LogP contribution is -1.95. The van der Waals surface area contributed by atoms with Crippen molar-refractivity contribution in [1.82, 2.24) is 4.98 Å². The summed E-state index contributed by atoms with van der Waals surface area (Å²) >= 11 is 0. The Morgan fingerprint density at radius 2 is 2.07 bits per heavy atom. The Morgan fingerprint density at radius 3 is 2.53 bits per heavy atom. The van der Waals surface area contributed by atoms with E-state index in [-0.39, 0.29) is 0 Å². The third-order valence-electron chi connectivity index (χ3n) is 2.56. The summed E-state index contributed by atoms with van der Waals surface area (Å²) in [6.07, 6.45) is 5.57. The fourth-order valence-electron chi connectivity index (χ4n) is 1.57. The topological polar surface area (TPSA) is 22.1 Å². The van der Waals surface area contributed by atoms with Crippen molar-refractivity contribution in [1.29, 1.82) is 0 Å². The van der Waals surface area contributed by atoms with Crippen molar-refractivity contribution in [3.05, 3.63) is 23.5 Å². The number of aryl methyl sites for hydroxylation is 1. The molecule has 2 rings (SSSR count). The van der Waals surface area contributed by atoms with Gasteiger partial charge < -0.3 is 4.74 Å². The van der Waals surface area contributed by atoms with E-state index in [1.54, 1.807) is 7.11 Å². The van der Waals surface area contributed by atoms with Crippen LogP contribution in [0.25, 0.3) is 0 Å². The molecule has 0 unspecified atom stereocenters. The van der Waals surface area contributed by atoms with Crippen LogP contribution in [-0.4, -0.2) is 12.1 Å². The Hall–Kier alpha value is -1.05. The average Bonchev–Trinajstić information content (AvgIpc) is 3.15. The van der Waals surface area contributed by atoms with Crippen molar-refractivity contribution in [3.63, 3.8) is 0 Å². The van der Waals surface area contributed by atoms with Gasteiger partial charge in [0.15, 0.2) is 0 Å². The molecular formula is C13H21NO. The van der Waals surface area contributed by atoms with Crippen LogP contribution in [0.5, 0.6) is 5.75 Å². The molecule has 0 atom stereocenters. The zero-order valence-electron chi connectivity index (χ0n) is 10.2. The first kappa shape index (κ1) is 12.0. The molecular weight excluding hydrogens is 186 g/mol. The van der Waals surface area contributed by atoms with Gasteiger partial charge in [0.2, 0.25) is 0 Å². The third-order valence-corrected chi connectivity index (χ3v) is 2.56. The fraction of sp³-hybridized carbons (Fsp3) is 0.615. The lowest BCUT2D eigenvalue weighted by atomic mass is 10.1. The minimum atomic E-state index is 0.757. The second kappa shape index (κ2) is 5.74. The van der Waals surface area contributed by atoms with Gasteiger partial charge in [-0.15, -0.1) is 0 Å². The van der Waals surface area contributed by atoms with Gasteiger partial charge >= 0.3 is 0 Å². The van der Waals surface area contributed by atoms with Crippen LogP contribution in [0, 0.1) is 0 Å². The molecule has 0 amide bonds. The Morgan fingerprint density at radius 1 is 1.40 bits per heavy atom. The predicted molar refractivity (Wildman–Crippen MR) is 63.5 cm³/mol. The molecule has 1 aliphatic carbocycles. The monoisotopic (exact) mass is 207 g/mol. The second-order valence-electron chi connectivity index (χ2n) is 3.55. The number of hydrogen-bond donors (Lipinski definition) is 0. The Balaban J connectivity index is 0.000000531. The molecule has 15 heavy (non-hydrogen) atoms. The molecule has 1 fully saturated rings. The van der Waals surface area contributed by atoms with E-state index in [1.165, 1.54) is 18.4 Å². The highest BCUT2D eigenvalue weighted by Gasteiger charge is 2.24. The minimum Gasteiger partial charge on any atom is -0.495 e. The quantitative estimate of drug-likeness (QED) is 0.756. The number of aromatic nitrogens is 1. The zero-order chi connectivity index (χ0) is 11.3. The summed E-state index contributed by atoms with van der Waals surface area (Å²) in [5, 5.41) is 0. The molecule has 0 aromatic carbocycles. The standard InChI is InChI=1S/C11H15NO.C2H6/c1-3-10-11(13-2)6-9(7-12-10)8-4-5-8;1-2/h6-8H,3-5H2,1-2H3;1-2H3. The Labute approximate surface area is 92.7 Å². The Bertz CT molecular complexity index is 305. The number of methoxy groups -OCH3 is 1. The molecule has 0 radical (unpaired) electrons. The van der Waals surface area contributed by atoms with Gasteiger partial charge in [0, 0.05) is 6.20 Å². The number of nitrogens with zero attached hydrogens (tertiary/aromatic N) is 1. The van der Waals surface area contributed by atoms with Crippen molar-refractivity contribution in [2.45, 2.75) is 46.0 Å². The normalized spacial score (nSPS) is 14.1. The molecule has 0 spiro atoms. The lowest BCUT2D eigenvalue weighted by molar-refractivity contribution is 0.406. The summed E-state index contributed by atoms with van der Waals surface area (Å²) in [4.78, 5) is 4.40. The average molecular weight is 207 g/mol. The summed E-state index contributed by atoms with van der Waals surface area (Å²) in [6.45, 7) is 6.10. The smallest absolute Gasteiger partial charge is 0.140 e. The molecule has 1 heterocycles. The van der Waals surface area contributed by atoms with Gasteiger partial charge in [0.05, 0.1) is 12.8 Å². The fourth-order valence-corrected chi connectivity index (χ4v) is 1.57. The number of pyridine rings is 1. The molecule has 1 aromatic heterocycles. The highest BCUT2D eigenvalue weighted by Crippen LogP contribution is 2.41. The zero-order valence-corrected chi connectivity index (χ0v) is 10.2. The summed E-state index contributed by atoms with van der Waals surface area (Å²) in [7, 11) is 1.72. The van der Waals surface area contributed by atoms with Gasteiger partial charge in [-0.25, -0.2) is 0 Å². The van der Waals surface area contributed by atoms with Crippen LogP contribution in [0.15, 0.2) is 12.3 Å². The molecule has 0 N–H and O–H groups in total. The van der Waals surface area contributed by atoms with Crippen molar-refractivity contribution < 1.29 is 4.74 Å². The predicted octanol–water partition coefficient (Wildman–Crippen LogP) is 3.56. The maximum absolute atomic E-state index is 5.29. The molecule has 2 nitrogen and oxygen atoms in total. The van der Waals surface area contributed by atoms with Crippen LogP contribution in [0.1, 0.15) is 50.8 Å². The molecule has 1 saturated carbocycles. The van der Waals surface area contributed by atoms with Gasteiger partial charge in [0.25, 0.3) is 0 Å². The number of ether oxygens (including phenoxy) is 1. The van der Waals surface area contributed by atoms with E-state index >= 15 is 0 Å². The van der Waals surface area contributed by atoms with Gasteiger partial charge in [0.1, 0.15) is 5.75 Å². The van der Waals surface area contributed by atoms with E-state index < -0.39 is 0 Å². The van der Waals surface area contributed by atoms with Crippen molar-refractivity contribution in [2.24, 2.45) is 0 Å². The van der Waals surface area contributed by atoms with Crippen molar-refractivity contribution >= 4 is 0 Å². The van der Waals surface area contributed by atoms with E-state index in [0.29, 0.717) is 0 Å². The summed E-state index contributed by atoms with van der Waals surface area (Å²) in [5.74, 6) is 1.71. The molecule has 0 bridgehead atoms. The van der Waals surface area contributed by atoms with E-state index in [0.717, 1.165) is 23.8 Å². The highest BCUT2D eigenvalue weighted by molar-refractivity contribution is 5.34. The first-order valence-corrected chi connectivity index (χ1v) is 5.88. The summed E-state index contributed by atoms with van der Waals surface area (Å²) in [6, 6.07) is 2.14. The van der Waals surface area contributed by atoms with Crippen molar-refractivity contribution in [2.75, 3.05) is 7.11 Å². The van der Waals surface area contributed by atoms with E-state index in [1.807, 2.05) is 20.0 Å². The van der Waals surface area contributed by atoms with E-state index in [2.05, 4.69) is 18.0 Å². The second-order valence-corrected chi connectivity index (χ2v) is 3.55. The number of hydrogen-bond acceptors (Lipinski definition) is 2. The SMILES string of the molecule is CC.CCc1ncc(C2CC2)cc1OC. The largest absolute Gasteiger partial charge is 0.495 e. The lowest BCUT2D eigenvalue weighted by Gasteiger charge is -2.07. The summed E-state index contributed by atoms with van der Waals surface area (Å²) in [5.41, 5.74) is 2.40. The minimum absolute atomic E-state index is 0.757. The third kappa shape index (κ3) is 2.95. The van der Waals surface area contributed by atoms with Crippen LogP contribution in [0.4, 0.5) is 0 Å². The molecule has 0 saturated heterocycles. The van der Waals surface area contributed by atoms with Crippen molar-refractivity contribution in [3.8, 4) is 5.75 Å². The molecule has 0 aliphatic heterocycles. The maximum Gasteiger partial charge on any atom is 0.140 e. The summed E-state index contributed by atoms with van der Waals surface area (Å²) < 4.78 is 5.29. The number of rotatable bonds is 3. The molecule has 1 aliphatic rings. The maximum atomic E-state index is 5.29. The van der Waals surface area contributed by atoms with E-state index in [9.17, 15) is 0 Å².